The highest BCUT2D eigenvalue weighted by atomic mass is 16.3. The van der Waals surface area contributed by atoms with E-state index in [2.05, 4.69) is 0 Å². The zero-order valence-corrected chi connectivity index (χ0v) is 5.83. The number of hydrogen-bond acceptors (Lipinski definition) is 3. The van der Waals surface area contributed by atoms with Crippen molar-refractivity contribution in [2.24, 2.45) is 5.73 Å². The van der Waals surface area contributed by atoms with Crippen LogP contribution < -0.4 is 5.73 Å². The lowest BCUT2D eigenvalue weighted by molar-refractivity contribution is 0.268. The molecule has 3 nitrogen and oxygen atoms in total. The summed E-state index contributed by atoms with van der Waals surface area (Å²) in [4.78, 5) is 0. The fourth-order valence-corrected chi connectivity index (χ4v) is 0.891. The molecule has 56 valence electrons. The van der Waals surface area contributed by atoms with Crippen LogP contribution in [-0.4, -0.2) is 15.8 Å². The summed E-state index contributed by atoms with van der Waals surface area (Å²) in [5, 5.41) is 18.1. The van der Waals surface area contributed by atoms with Gasteiger partial charge in [-0.05, 0) is 19.1 Å². The predicted molar refractivity (Wildman–Crippen MR) is 38.6 cm³/mol. The number of aliphatic hydroxyl groups excluding tert-OH is 2. The third-order valence-corrected chi connectivity index (χ3v) is 1.57. The van der Waals surface area contributed by atoms with Crippen LogP contribution in [-0.2, 0) is 0 Å². The number of allylic oxidation sites excluding steroid dienone is 2. The third-order valence-electron chi connectivity index (χ3n) is 1.57. The van der Waals surface area contributed by atoms with E-state index in [1.54, 1.807) is 6.92 Å². The average molecular weight is 141 g/mol. The van der Waals surface area contributed by atoms with Gasteiger partial charge in [-0.3, -0.25) is 0 Å². The summed E-state index contributed by atoms with van der Waals surface area (Å²) in [5.41, 5.74) is 4.80. The molecule has 0 bridgehead atoms. The van der Waals surface area contributed by atoms with Crippen LogP contribution in [0.3, 0.4) is 0 Å². The number of aliphatic hydroxyl groups is 2. The van der Waals surface area contributed by atoms with E-state index in [0.29, 0.717) is 6.42 Å². The lowest BCUT2D eigenvalue weighted by Gasteiger charge is -2.25. The van der Waals surface area contributed by atoms with Crippen molar-refractivity contribution >= 4 is 0 Å². The lowest BCUT2D eigenvalue weighted by Crippen LogP contribution is -2.39. The Bertz CT molecular complexity index is 204. The van der Waals surface area contributed by atoms with Crippen molar-refractivity contribution in [3.05, 3.63) is 23.7 Å². The zero-order valence-electron chi connectivity index (χ0n) is 5.83. The van der Waals surface area contributed by atoms with Crippen molar-refractivity contribution < 1.29 is 10.2 Å². The Morgan fingerprint density at radius 2 is 2.10 bits per heavy atom. The second kappa shape index (κ2) is 2.02. The smallest absolute Gasteiger partial charge is 0.112 e. The molecular weight excluding hydrogens is 130 g/mol. The SMILES string of the molecule is CC1(N)CC(O)=CC=C1O. The highest BCUT2D eigenvalue weighted by molar-refractivity contribution is 5.26. The second-order valence-corrected chi connectivity index (χ2v) is 2.80. The lowest BCUT2D eigenvalue weighted by atomic mass is 9.92. The molecule has 1 aliphatic carbocycles. The van der Waals surface area contributed by atoms with Gasteiger partial charge in [0.15, 0.2) is 0 Å². The first-order valence-electron chi connectivity index (χ1n) is 3.10. The van der Waals surface area contributed by atoms with E-state index < -0.39 is 5.54 Å². The van der Waals surface area contributed by atoms with Crippen LogP contribution >= 0.6 is 0 Å². The molecule has 4 N–H and O–H groups in total. The average Bonchev–Trinajstić information content (AvgIpc) is 1.78. The van der Waals surface area contributed by atoms with Gasteiger partial charge in [-0.2, -0.15) is 0 Å². The van der Waals surface area contributed by atoms with Crippen LogP contribution in [0, 0.1) is 0 Å². The van der Waals surface area contributed by atoms with E-state index in [-0.39, 0.29) is 11.5 Å². The monoisotopic (exact) mass is 141 g/mol. The molecule has 0 aromatic carbocycles. The van der Waals surface area contributed by atoms with E-state index in [9.17, 15) is 0 Å². The molecule has 0 fully saturated rings. The van der Waals surface area contributed by atoms with Gasteiger partial charge in [-0.25, -0.2) is 0 Å². The first-order valence-corrected chi connectivity index (χ1v) is 3.10. The minimum Gasteiger partial charge on any atom is -0.512 e. The second-order valence-electron chi connectivity index (χ2n) is 2.80. The maximum absolute atomic E-state index is 9.14. The molecule has 0 saturated heterocycles. The summed E-state index contributed by atoms with van der Waals surface area (Å²) in [5.74, 6) is 0.327. The predicted octanol–water partition coefficient (Wildman–Crippen LogP) is 0.991. The van der Waals surface area contributed by atoms with Crippen molar-refractivity contribution in [1.29, 1.82) is 0 Å². The minimum absolute atomic E-state index is 0.116. The van der Waals surface area contributed by atoms with Crippen LogP contribution in [0.25, 0.3) is 0 Å². The molecule has 0 amide bonds. The van der Waals surface area contributed by atoms with Crippen LogP contribution in [0.2, 0.25) is 0 Å². The van der Waals surface area contributed by atoms with Crippen molar-refractivity contribution in [2.75, 3.05) is 0 Å². The molecule has 0 aromatic heterocycles. The van der Waals surface area contributed by atoms with Gasteiger partial charge in [0.05, 0.1) is 11.3 Å². The van der Waals surface area contributed by atoms with Gasteiger partial charge in [-0.15, -0.1) is 0 Å². The molecule has 0 aliphatic heterocycles. The van der Waals surface area contributed by atoms with Crippen molar-refractivity contribution in [3.8, 4) is 0 Å². The minimum atomic E-state index is -0.793. The summed E-state index contributed by atoms with van der Waals surface area (Å²) in [6, 6.07) is 0. The van der Waals surface area contributed by atoms with Crippen LogP contribution in [0.4, 0.5) is 0 Å². The number of hydrogen-bond donors (Lipinski definition) is 3. The third kappa shape index (κ3) is 1.14. The summed E-state index contributed by atoms with van der Waals surface area (Å²) in [6.45, 7) is 1.67. The molecule has 0 spiro atoms. The first kappa shape index (κ1) is 7.15. The number of rotatable bonds is 0. The van der Waals surface area contributed by atoms with Crippen LogP contribution in [0.5, 0.6) is 0 Å². The highest BCUT2D eigenvalue weighted by Gasteiger charge is 2.27. The number of nitrogens with two attached hydrogens (primary N) is 1. The molecule has 1 aliphatic rings. The summed E-state index contributed by atoms with van der Waals surface area (Å²) in [6.07, 6.45) is 3.16. The Hall–Kier alpha value is -0.960. The molecule has 0 heterocycles. The Kier molecular flexibility index (Phi) is 1.45. The van der Waals surface area contributed by atoms with Gasteiger partial charge in [0.2, 0.25) is 0 Å². The quantitative estimate of drug-likeness (QED) is 0.471. The zero-order chi connectivity index (χ0) is 7.78. The largest absolute Gasteiger partial charge is 0.512 e. The van der Waals surface area contributed by atoms with E-state index in [1.165, 1.54) is 12.2 Å². The molecule has 1 rings (SSSR count). The molecule has 0 radical (unpaired) electrons. The maximum atomic E-state index is 9.14. The molecule has 0 saturated carbocycles. The Balaban J connectivity index is 2.89. The Morgan fingerprint density at radius 3 is 2.50 bits per heavy atom. The van der Waals surface area contributed by atoms with Crippen molar-refractivity contribution in [2.45, 2.75) is 18.9 Å². The van der Waals surface area contributed by atoms with Crippen LogP contribution in [0.15, 0.2) is 23.7 Å². The molecule has 1 unspecified atom stereocenters. The molecule has 3 heteroatoms. The fourth-order valence-electron chi connectivity index (χ4n) is 0.891. The maximum Gasteiger partial charge on any atom is 0.112 e. The Morgan fingerprint density at radius 1 is 1.50 bits per heavy atom. The van der Waals surface area contributed by atoms with E-state index in [1.807, 2.05) is 0 Å². The van der Waals surface area contributed by atoms with Gasteiger partial charge >= 0.3 is 0 Å². The van der Waals surface area contributed by atoms with Gasteiger partial charge in [-0.1, -0.05) is 0 Å². The summed E-state index contributed by atoms with van der Waals surface area (Å²) >= 11 is 0. The Labute approximate surface area is 59.5 Å². The van der Waals surface area contributed by atoms with Crippen molar-refractivity contribution in [3.63, 3.8) is 0 Å². The topological polar surface area (TPSA) is 66.5 Å². The molecule has 10 heavy (non-hydrogen) atoms. The van der Waals surface area contributed by atoms with Crippen LogP contribution in [0.1, 0.15) is 13.3 Å². The van der Waals surface area contributed by atoms with Gasteiger partial charge in [0.1, 0.15) is 5.76 Å². The van der Waals surface area contributed by atoms with E-state index >= 15 is 0 Å². The normalized spacial score (nSPS) is 33.0. The summed E-state index contributed by atoms with van der Waals surface area (Å²) < 4.78 is 0. The standard InChI is InChI=1S/C7H11NO2/c1-7(8)4-5(9)2-3-6(7)10/h2-3,9-10H,4,8H2,1H3. The first-order chi connectivity index (χ1) is 4.52. The van der Waals surface area contributed by atoms with Gasteiger partial charge in [0, 0.05) is 6.42 Å². The van der Waals surface area contributed by atoms with Gasteiger partial charge in [0.25, 0.3) is 0 Å². The van der Waals surface area contributed by atoms with Crippen molar-refractivity contribution in [1.82, 2.24) is 0 Å². The molecule has 1 atom stereocenters. The molecule has 0 aromatic rings. The summed E-state index contributed by atoms with van der Waals surface area (Å²) in [7, 11) is 0. The van der Waals surface area contributed by atoms with E-state index in [0.717, 1.165) is 0 Å². The van der Waals surface area contributed by atoms with Gasteiger partial charge < -0.3 is 15.9 Å². The molecular formula is C7H11NO2. The highest BCUT2D eigenvalue weighted by Crippen LogP contribution is 2.23. The van der Waals surface area contributed by atoms with E-state index in [4.69, 9.17) is 15.9 Å². The fraction of sp³-hybridized carbons (Fsp3) is 0.429.